The van der Waals surface area contributed by atoms with Crippen LogP contribution in [0.15, 0.2) is 48.6 Å². The van der Waals surface area contributed by atoms with Gasteiger partial charge in [0.25, 0.3) is 11.4 Å². The van der Waals surface area contributed by atoms with Gasteiger partial charge < -0.3 is 34.5 Å². The molecule has 0 aromatic heterocycles. The number of hydrogen-bond donors (Lipinski definition) is 2. The van der Waals surface area contributed by atoms with Crippen molar-refractivity contribution in [1.82, 2.24) is 15.5 Å². The maximum atomic E-state index is 13.3. The number of carbonyl (C=O) groups is 5. The number of carbonyl (C=O) groups excluding carboxylic acids is 5. The van der Waals surface area contributed by atoms with Gasteiger partial charge in [0, 0.05) is 44.7 Å². The van der Waals surface area contributed by atoms with E-state index in [2.05, 4.69) is 29.7 Å². The molecule has 0 saturated heterocycles. The van der Waals surface area contributed by atoms with Crippen LogP contribution < -0.4 is 10.6 Å². The van der Waals surface area contributed by atoms with Crippen LogP contribution in [0.4, 0.5) is 21.0 Å². The highest BCUT2D eigenvalue weighted by Crippen LogP contribution is 2.23. The molecule has 342 valence electrons. The Morgan fingerprint density at radius 1 is 0.597 bits per heavy atom. The van der Waals surface area contributed by atoms with Gasteiger partial charge in [-0.25, -0.2) is 19.2 Å². The fraction of sp³-hybridized carbons (Fsp3) is 0.568. The molecule has 0 bridgehead atoms. The lowest BCUT2D eigenvalue weighted by Gasteiger charge is -2.23. The fourth-order valence-corrected chi connectivity index (χ4v) is 6.24. The number of nitro benzene ring substituents is 2. The van der Waals surface area contributed by atoms with Gasteiger partial charge in [0.1, 0.15) is 13.2 Å². The lowest BCUT2D eigenvalue weighted by Crippen LogP contribution is -2.42. The molecule has 0 aliphatic rings. The summed E-state index contributed by atoms with van der Waals surface area (Å²) in [6.45, 7) is 4.68. The maximum Gasteiger partial charge on any atom is 0.407 e. The van der Waals surface area contributed by atoms with E-state index < -0.39 is 58.6 Å². The van der Waals surface area contributed by atoms with Crippen LogP contribution in [-0.4, -0.2) is 84.2 Å². The number of unbranched alkanes of at least 4 members (excludes halogenated alkanes) is 11. The molecule has 2 N–H and O–H groups in total. The molecule has 0 aliphatic carbocycles. The average Bonchev–Trinajstić information content (AvgIpc) is 3.25. The van der Waals surface area contributed by atoms with Crippen molar-refractivity contribution in [2.24, 2.45) is 0 Å². The highest BCUT2D eigenvalue weighted by molar-refractivity contribution is 5.91. The lowest BCUT2D eigenvalue weighted by molar-refractivity contribution is -0.386. The largest absolute Gasteiger partial charge is 0.462 e. The molecule has 0 saturated carbocycles. The Morgan fingerprint density at radius 2 is 1.02 bits per heavy atom. The second kappa shape index (κ2) is 30.9. The van der Waals surface area contributed by atoms with Crippen molar-refractivity contribution in [2.75, 3.05) is 39.4 Å². The van der Waals surface area contributed by atoms with E-state index in [1.807, 2.05) is 0 Å². The summed E-state index contributed by atoms with van der Waals surface area (Å²) in [5, 5.41) is 28.3. The summed E-state index contributed by atoms with van der Waals surface area (Å²) in [7, 11) is 0. The first kappa shape index (κ1) is 52.1. The van der Waals surface area contributed by atoms with Crippen molar-refractivity contribution in [2.45, 2.75) is 124 Å². The van der Waals surface area contributed by atoms with Crippen LogP contribution in [0, 0.1) is 20.2 Å². The summed E-state index contributed by atoms with van der Waals surface area (Å²) >= 11 is 0. The Morgan fingerprint density at radius 3 is 1.44 bits per heavy atom. The molecular weight excluding hydrogens is 807 g/mol. The predicted octanol–water partition coefficient (Wildman–Crippen LogP) is 8.88. The molecular formula is C44H63N5O13. The van der Waals surface area contributed by atoms with E-state index in [-0.39, 0.29) is 74.0 Å². The third-order valence-electron chi connectivity index (χ3n) is 9.61. The summed E-state index contributed by atoms with van der Waals surface area (Å²) < 4.78 is 20.1. The maximum absolute atomic E-state index is 13.3. The highest BCUT2D eigenvalue weighted by atomic mass is 16.6. The van der Waals surface area contributed by atoms with Gasteiger partial charge >= 0.3 is 24.1 Å². The number of nitro groups is 2. The van der Waals surface area contributed by atoms with E-state index in [4.69, 9.17) is 18.9 Å². The molecule has 18 heteroatoms. The van der Waals surface area contributed by atoms with Gasteiger partial charge in [-0.3, -0.25) is 25.0 Å². The predicted molar refractivity (Wildman–Crippen MR) is 231 cm³/mol. The van der Waals surface area contributed by atoms with Gasteiger partial charge in [0.2, 0.25) is 5.91 Å². The number of hydrogen-bond acceptors (Lipinski definition) is 13. The molecule has 2 aromatic rings. The zero-order valence-electron chi connectivity index (χ0n) is 36.3. The van der Waals surface area contributed by atoms with Gasteiger partial charge in [-0.05, 0) is 70.2 Å². The van der Waals surface area contributed by atoms with Crippen LogP contribution in [0.5, 0.6) is 0 Å². The quantitative estimate of drug-likeness (QED) is 0.0180. The minimum Gasteiger partial charge on any atom is -0.462 e. The number of rotatable bonds is 31. The van der Waals surface area contributed by atoms with Gasteiger partial charge in [0.05, 0.1) is 45.3 Å². The Bertz CT molecular complexity index is 1680. The third-order valence-corrected chi connectivity index (χ3v) is 9.61. The molecule has 0 heterocycles. The first-order valence-electron chi connectivity index (χ1n) is 21.5. The zero-order valence-corrected chi connectivity index (χ0v) is 36.3. The molecule has 2 aromatic carbocycles. The summed E-state index contributed by atoms with van der Waals surface area (Å²) in [6.07, 6.45) is 17.4. The Kier molecular flexibility index (Phi) is 25.9. The minimum atomic E-state index is -0.899. The number of ether oxygens (including phenoxy) is 4. The van der Waals surface area contributed by atoms with Crippen molar-refractivity contribution < 1.29 is 52.8 Å². The fourth-order valence-electron chi connectivity index (χ4n) is 6.24. The van der Waals surface area contributed by atoms with Crippen molar-refractivity contribution in [3.05, 3.63) is 91.0 Å². The summed E-state index contributed by atoms with van der Waals surface area (Å²) in [5.41, 5.74) is -0.787. The topological polar surface area (TPSA) is 236 Å². The van der Waals surface area contributed by atoms with Crippen LogP contribution in [-0.2, 0) is 37.0 Å². The number of esters is 2. The van der Waals surface area contributed by atoms with Crippen LogP contribution >= 0.6 is 0 Å². The van der Waals surface area contributed by atoms with Crippen LogP contribution in [0.1, 0.15) is 143 Å². The third kappa shape index (κ3) is 20.9. The van der Waals surface area contributed by atoms with Crippen molar-refractivity contribution in [1.29, 1.82) is 0 Å². The Balaban J connectivity index is 1.90. The van der Waals surface area contributed by atoms with Crippen LogP contribution in [0.25, 0.3) is 0 Å². The second-order valence-corrected chi connectivity index (χ2v) is 14.4. The Hall–Kier alpha value is -6.07. The molecule has 0 unspecified atom stereocenters. The van der Waals surface area contributed by atoms with E-state index in [9.17, 15) is 44.2 Å². The SMILES string of the molecule is CCCCCCCC/C=C\CCCCCCCC(=O)N(CCNC(=O)OCc1ccc(C(=O)OCC)cc1[N+](=O)[O-])CCNC(=O)OCc1ccc(C(=O)OCC)cc1[N+](=O)[O-]. The number of nitrogens with zero attached hydrogens (tertiary/aromatic N) is 3. The second-order valence-electron chi connectivity index (χ2n) is 14.4. The van der Waals surface area contributed by atoms with Crippen LogP contribution in [0.3, 0.4) is 0 Å². The molecule has 62 heavy (non-hydrogen) atoms. The van der Waals surface area contributed by atoms with Crippen molar-refractivity contribution >= 4 is 41.4 Å². The summed E-state index contributed by atoms with van der Waals surface area (Å²) in [6, 6.07) is 7.36. The van der Waals surface area contributed by atoms with Crippen molar-refractivity contribution in [3.63, 3.8) is 0 Å². The van der Waals surface area contributed by atoms with Gasteiger partial charge in [0.15, 0.2) is 0 Å². The number of amides is 3. The first-order valence-corrected chi connectivity index (χ1v) is 21.5. The zero-order chi connectivity index (χ0) is 45.5. The molecule has 0 radical (unpaired) electrons. The van der Waals surface area contributed by atoms with Gasteiger partial charge in [-0.15, -0.1) is 0 Å². The first-order chi connectivity index (χ1) is 29.9. The number of allylic oxidation sites excluding steroid dienone is 2. The molecule has 0 atom stereocenters. The molecule has 0 aliphatic heterocycles. The van der Waals surface area contributed by atoms with E-state index in [0.717, 1.165) is 50.7 Å². The highest BCUT2D eigenvalue weighted by Gasteiger charge is 2.22. The molecule has 2 rings (SSSR count). The Labute approximate surface area is 363 Å². The van der Waals surface area contributed by atoms with Gasteiger partial charge in [-0.1, -0.05) is 70.4 Å². The van der Waals surface area contributed by atoms with Crippen molar-refractivity contribution in [3.8, 4) is 0 Å². The standard InChI is InChI=1S/C44H63N5O13/c1-4-7-8-9-10-11-12-13-14-15-16-17-18-19-20-21-40(50)47(28-26-45-43(53)61-32-36-24-22-34(41(51)59-5-2)30-38(36)48(55)56)29-27-46-44(54)62-33-37-25-23-35(42(52)60-6-3)31-39(37)49(57)58/h13-14,22-25,30-31H,4-12,15-21,26-29,32-33H2,1-3H3,(H,45,53)(H,46,54)/b14-13-. The molecule has 0 spiro atoms. The number of nitrogens with one attached hydrogen (secondary N) is 2. The molecule has 18 nitrogen and oxygen atoms in total. The molecule has 3 amide bonds. The number of benzene rings is 2. The van der Waals surface area contributed by atoms with E-state index >= 15 is 0 Å². The van der Waals surface area contributed by atoms with E-state index in [0.29, 0.717) is 6.42 Å². The minimum absolute atomic E-state index is 0.0212. The van der Waals surface area contributed by atoms with E-state index in [1.54, 1.807) is 13.8 Å². The van der Waals surface area contributed by atoms with E-state index in [1.165, 1.54) is 67.7 Å². The van der Waals surface area contributed by atoms with Gasteiger partial charge in [-0.2, -0.15) is 0 Å². The lowest BCUT2D eigenvalue weighted by atomic mass is 10.1. The normalized spacial score (nSPS) is 10.8. The van der Waals surface area contributed by atoms with Crippen LogP contribution in [0.2, 0.25) is 0 Å². The monoisotopic (exact) mass is 869 g/mol. The molecule has 0 fully saturated rings. The number of alkyl carbamates (subject to hydrolysis) is 2. The average molecular weight is 870 g/mol. The summed E-state index contributed by atoms with van der Waals surface area (Å²) in [5.74, 6) is -1.66. The summed E-state index contributed by atoms with van der Waals surface area (Å²) in [4.78, 5) is 85.8. The smallest absolute Gasteiger partial charge is 0.407 e.